The van der Waals surface area contributed by atoms with Crippen molar-refractivity contribution in [2.45, 2.75) is 26.2 Å². The van der Waals surface area contributed by atoms with E-state index in [1.54, 1.807) is 6.07 Å². The van der Waals surface area contributed by atoms with E-state index in [2.05, 4.69) is 20.7 Å². The maximum atomic E-state index is 11.2. The summed E-state index contributed by atoms with van der Waals surface area (Å²) in [7, 11) is 0. The summed E-state index contributed by atoms with van der Waals surface area (Å²) in [5.74, 6) is -0.152. The fraction of sp³-hybridized carbons (Fsp3) is 0.364. The topological polar surface area (TPSA) is 95.5 Å². The van der Waals surface area contributed by atoms with Crippen molar-refractivity contribution in [3.05, 3.63) is 32.3 Å². The second-order valence-corrected chi connectivity index (χ2v) is 5.55. The average Bonchev–Trinajstić information content (AvgIpc) is 2.17. The first kappa shape index (κ1) is 14.4. The quantitative estimate of drug-likeness (QED) is 0.669. The third-order valence-corrected chi connectivity index (χ3v) is 2.89. The Kier molecular flexibility index (Phi) is 3.95. The first-order valence-corrected chi connectivity index (χ1v) is 5.88. The van der Waals surface area contributed by atoms with Crippen LogP contribution in [0.3, 0.4) is 0 Å². The molecule has 1 rings (SSSR count). The van der Waals surface area contributed by atoms with Crippen molar-refractivity contribution in [3.8, 4) is 5.75 Å². The molecule has 0 fully saturated rings. The van der Waals surface area contributed by atoms with Crippen molar-refractivity contribution < 1.29 is 14.5 Å². The van der Waals surface area contributed by atoms with E-state index >= 15 is 0 Å². The highest BCUT2D eigenvalue weighted by Crippen LogP contribution is 2.42. The number of carbonyl (C=O) groups excluding carboxylic acids is 1. The van der Waals surface area contributed by atoms with E-state index in [4.69, 9.17) is 5.73 Å². The van der Waals surface area contributed by atoms with E-state index in [1.807, 2.05) is 20.8 Å². The van der Waals surface area contributed by atoms with Crippen LogP contribution >= 0.6 is 15.9 Å². The third kappa shape index (κ3) is 2.98. The van der Waals surface area contributed by atoms with Gasteiger partial charge in [0, 0.05) is 4.47 Å². The number of halogens is 1. The predicted molar refractivity (Wildman–Crippen MR) is 69.7 cm³/mol. The van der Waals surface area contributed by atoms with E-state index in [0.29, 0.717) is 10.0 Å². The predicted octanol–water partition coefficient (Wildman–Crippen LogP) is 3.11. The number of carbonyl (C=O) groups is 1. The van der Waals surface area contributed by atoms with Crippen molar-refractivity contribution >= 4 is 27.7 Å². The molecule has 1 amide bonds. The molecule has 0 aliphatic carbocycles. The second-order valence-electron chi connectivity index (χ2n) is 4.70. The molecule has 0 saturated heterocycles. The minimum Gasteiger partial charge on any atom is -0.403 e. The van der Waals surface area contributed by atoms with Gasteiger partial charge in [-0.05, 0) is 17.5 Å². The monoisotopic (exact) mass is 316 g/mol. The van der Waals surface area contributed by atoms with Crippen LogP contribution in [0.5, 0.6) is 5.75 Å². The molecule has 0 aromatic heterocycles. The number of nitrogens with two attached hydrogens (primary N) is 1. The highest BCUT2D eigenvalue weighted by atomic mass is 79.9. The van der Waals surface area contributed by atoms with Gasteiger partial charge in [0.1, 0.15) is 0 Å². The zero-order chi connectivity index (χ0) is 14.1. The highest BCUT2D eigenvalue weighted by Gasteiger charge is 2.32. The van der Waals surface area contributed by atoms with Gasteiger partial charge in [0.05, 0.1) is 10.5 Å². The standard InChI is InChI=1S/C11H13BrN2O4/c1-11(2,3)8-6(12)4-5-7(18-10(13)15)9(8)14(16)17/h4-5H,1-3H3,(H2,13,15). The number of nitrogens with zero attached hydrogens (tertiary/aromatic N) is 1. The Morgan fingerprint density at radius 2 is 2.00 bits per heavy atom. The van der Waals surface area contributed by atoms with Gasteiger partial charge in [-0.25, -0.2) is 4.79 Å². The number of rotatable bonds is 2. The lowest BCUT2D eigenvalue weighted by Crippen LogP contribution is -2.20. The Balaban J connectivity index is 3.58. The van der Waals surface area contributed by atoms with E-state index in [-0.39, 0.29) is 11.4 Å². The number of nitro benzene ring substituents is 1. The molecule has 98 valence electrons. The zero-order valence-corrected chi connectivity index (χ0v) is 11.8. The number of amides is 1. The average molecular weight is 317 g/mol. The fourth-order valence-corrected chi connectivity index (χ4v) is 2.55. The fourth-order valence-electron chi connectivity index (χ4n) is 1.63. The summed E-state index contributed by atoms with van der Waals surface area (Å²) < 4.78 is 5.26. The summed E-state index contributed by atoms with van der Waals surface area (Å²) >= 11 is 3.28. The lowest BCUT2D eigenvalue weighted by molar-refractivity contribution is -0.386. The molecule has 0 unspecified atom stereocenters. The molecule has 0 aliphatic heterocycles. The lowest BCUT2D eigenvalue weighted by atomic mass is 9.85. The van der Waals surface area contributed by atoms with Gasteiger partial charge in [0.25, 0.3) is 0 Å². The van der Waals surface area contributed by atoms with E-state index in [1.165, 1.54) is 6.07 Å². The minimum atomic E-state index is -1.08. The van der Waals surface area contributed by atoms with Crippen molar-refractivity contribution in [1.82, 2.24) is 0 Å². The van der Waals surface area contributed by atoms with Crippen LogP contribution < -0.4 is 10.5 Å². The Bertz CT molecular complexity index is 509. The van der Waals surface area contributed by atoms with E-state index < -0.39 is 16.4 Å². The van der Waals surface area contributed by atoms with Crippen molar-refractivity contribution in [2.75, 3.05) is 0 Å². The normalized spacial score (nSPS) is 11.1. The SMILES string of the molecule is CC(C)(C)c1c(Br)ccc(OC(N)=O)c1[N+](=O)[O-]. The third-order valence-electron chi connectivity index (χ3n) is 2.23. The molecule has 0 atom stereocenters. The molecular formula is C11H13BrN2O4. The molecule has 7 heteroatoms. The molecule has 0 saturated carbocycles. The first-order valence-electron chi connectivity index (χ1n) is 5.09. The molecule has 0 heterocycles. The molecule has 6 nitrogen and oxygen atoms in total. The van der Waals surface area contributed by atoms with Gasteiger partial charge in [-0.1, -0.05) is 36.7 Å². The van der Waals surface area contributed by atoms with Gasteiger partial charge < -0.3 is 10.5 Å². The minimum absolute atomic E-state index is 0.152. The van der Waals surface area contributed by atoms with Crippen LogP contribution in [0, 0.1) is 10.1 Å². The summed E-state index contributed by atoms with van der Waals surface area (Å²) in [6.45, 7) is 5.48. The number of nitro groups is 1. The van der Waals surface area contributed by atoms with Crippen LogP contribution in [0.1, 0.15) is 26.3 Å². The second kappa shape index (κ2) is 4.93. The molecule has 1 aromatic rings. The van der Waals surface area contributed by atoms with Crippen LogP contribution in [0.25, 0.3) is 0 Å². The number of ether oxygens (including phenoxy) is 1. The largest absolute Gasteiger partial charge is 0.410 e. The summed E-state index contributed by atoms with van der Waals surface area (Å²) in [6.07, 6.45) is -1.08. The smallest absolute Gasteiger partial charge is 0.403 e. The van der Waals surface area contributed by atoms with Crippen molar-refractivity contribution in [3.63, 3.8) is 0 Å². The molecule has 1 aromatic carbocycles. The maximum Gasteiger partial charge on any atom is 0.410 e. The molecule has 18 heavy (non-hydrogen) atoms. The van der Waals surface area contributed by atoms with Gasteiger partial charge >= 0.3 is 11.8 Å². The van der Waals surface area contributed by atoms with Crippen LogP contribution in [0.2, 0.25) is 0 Å². The van der Waals surface area contributed by atoms with Crippen molar-refractivity contribution in [1.29, 1.82) is 0 Å². The molecule has 0 spiro atoms. The Morgan fingerprint density at radius 3 is 2.39 bits per heavy atom. The van der Waals surface area contributed by atoms with E-state index in [0.717, 1.165) is 0 Å². The summed E-state index contributed by atoms with van der Waals surface area (Å²) in [5.41, 5.74) is 4.60. The Labute approximate surface area is 112 Å². The van der Waals surface area contributed by atoms with Gasteiger partial charge in [0.2, 0.25) is 5.75 Å². The summed E-state index contributed by atoms with van der Waals surface area (Å²) in [4.78, 5) is 21.4. The number of primary amides is 1. The van der Waals surface area contributed by atoms with Gasteiger partial charge in [-0.2, -0.15) is 0 Å². The number of hydrogen-bond donors (Lipinski definition) is 1. The number of hydrogen-bond acceptors (Lipinski definition) is 4. The van der Waals surface area contributed by atoms with Crippen LogP contribution in [-0.2, 0) is 5.41 Å². The Hall–Kier alpha value is -1.63. The van der Waals surface area contributed by atoms with Gasteiger partial charge in [0.15, 0.2) is 0 Å². The first-order chi connectivity index (χ1) is 8.14. The molecule has 0 bridgehead atoms. The van der Waals surface area contributed by atoms with Gasteiger partial charge in [-0.15, -0.1) is 0 Å². The lowest BCUT2D eigenvalue weighted by Gasteiger charge is -2.21. The number of benzene rings is 1. The summed E-state index contributed by atoms with van der Waals surface area (Å²) in [6, 6.07) is 2.92. The van der Waals surface area contributed by atoms with E-state index in [9.17, 15) is 14.9 Å². The van der Waals surface area contributed by atoms with Crippen LogP contribution in [-0.4, -0.2) is 11.0 Å². The van der Waals surface area contributed by atoms with Crippen molar-refractivity contribution in [2.24, 2.45) is 5.73 Å². The zero-order valence-electron chi connectivity index (χ0n) is 10.2. The highest BCUT2D eigenvalue weighted by molar-refractivity contribution is 9.10. The Morgan fingerprint density at radius 1 is 1.44 bits per heavy atom. The molecule has 2 N–H and O–H groups in total. The molecule has 0 radical (unpaired) electrons. The maximum absolute atomic E-state index is 11.2. The molecular weight excluding hydrogens is 304 g/mol. The van der Waals surface area contributed by atoms with Crippen LogP contribution in [0.4, 0.5) is 10.5 Å². The van der Waals surface area contributed by atoms with Gasteiger partial charge in [-0.3, -0.25) is 10.1 Å². The summed E-state index contributed by atoms with van der Waals surface area (Å²) in [5, 5.41) is 11.2. The van der Waals surface area contributed by atoms with Crippen LogP contribution in [0.15, 0.2) is 16.6 Å². The molecule has 0 aliphatic rings.